The maximum atomic E-state index is 12.9. The second-order valence-corrected chi connectivity index (χ2v) is 7.82. The Kier molecular flexibility index (Phi) is 6.14. The van der Waals surface area contributed by atoms with E-state index in [4.69, 9.17) is 4.74 Å². The lowest BCUT2D eigenvalue weighted by molar-refractivity contribution is -0.142. The van der Waals surface area contributed by atoms with E-state index in [9.17, 15) is 9.59 Å². The molecule has 0 aromatic heterocycles. The summed E-state index contributed by atoms with van der Waals surface area (Å²) < 4.78 is 4.79. The topological polar surface area (TPSA) is 49.9 Å². The maximum Gasteiger partial charge on any atom is 0.305 e. The van der Waals surface area contributed by atoms with Gasteiger partial charge in [0.2, 0.25) is 5.91 Å². The molecule has 1 atom stereocenters. The summed E-state index contributed by atoms with van der Waals surface area (Å²) in [6.07, 6.45) is 11.0. The van der Waals surface area contributed by atoms with Gasteiger partial charge in [-0.15, -0.1) is 0 Å². The average Bonchev–Trinajstić information content (AvgIpc) is 3.30. The van der Waals surface area contributed by atoms with Crippen LogP contribution in [0.1, 0.15) is 64.2 Å². The summed E-state index contributed by atoms with van der Waals surface area (Å²) >= 11 is 0. The van der Waals surface area contributed by atoms with Crippen LogP contribution in [0.2, 0.25) is 0 Å². The number of ether oxygens (including phenoxy) is 1. The smallest absolute Gasteiger partial charge is 0.305 e. The third-order valence-electron chi connectivity index (χ3n) is 5.93. The first-order chi connectivity index (χ1) is 11.7. The van der Waals surface area contributed by atoms with E-state index in [-0.39, 0.29) is 5.97 Å². The minimum Gasteiger partial charge on any atom is -0.469 e. The highest BCUT2D eigenvalue weighted by molar-refractivity contribution is 5.79. The molecule has 5 nitrogen and oxygen atoms in total. The van der Waals surface area contributed by atoms with E-state index in [0.29, 0.717) is 36.9 Å². The number of hydrogen-bond donors (Lipinski definition) is 0. The molecule has 0 aromatic rings. The number of esters is 1. The van der Waals surface area contributed by atoms with Crippen molar-refractivity contribution in [2.45, 2.75) is 76.3 Å². The van der Waals surface area contributed by atoms with E-state index in [2.05, 4.69) is 9.80 Å². The molecule has 24 heavy (non-hydrogen) atoms. The van der Waals surface area contributed by atoms with Crippen molar-refractivity contribution in [1.29, 1.82) is 0 Å². The number of amides is 1. The molecule has 5 heteroatoms. The summed E-state index contributed by atoms with van der Waals surface area (Å²) in [7, 11) is 1.46. The second kappa shape index (κ2) is 8.32. The summed E-state index contributed by atoms with van der Waals surface area (Å²) in [5, 5.41) is 0. The van der Waals surface area contributed by atoms with Crippen LogP contribution >= 0.6 is 0 Å². The standard InChI is InChI=1S/C19H32N2O3/c1-24-19(23)13-15-5-4-11-20(12-10-15)14-18(22)21(17-8-9-17)16-6-2-3-7-16/h15-17H,2-14H2,1H3/t15-/m0/s1. The molecule has 0 unspecified atom stereocenters. The van der Waals surface area contributed by atoms with Crippen LogP contribution in [0.5, 0.6) is 0 Å². The van der Waals surface area contributed by atoms with Gasteiger partial charge in [0.25, 0.3) is 0 Å². The summed E-state index contributed by atoms with van der Waals surface area (Å²) in [4.78, 5) is 28.9. The van der Waals surface area contributed by atoms with Gasteiger partial charge in [0.15, 0.2) is 0 Å². The lowest BCUT2D eigenvalue weighted by Crippen LogP contribution is -2.46. The van der Waals surface area contributed by atoms with Crippen LogP contribution in [-0.2, 0) is 14.3 Å². The van der Waals surface area contributed by atoms with E-state index in [0.717, 1.165) is 32.4 Å². The third kappa shape index (κ3) is 4.71. The molecular weight excluding hydrogens is 304 g/mol. The van der Waals surface area contributed by atoms with E-state index in [1.165, 1.54) is 45.6 Å². The van der Waals surface area contributed by atoms with E-state index in [1.54, 1.807) is 0 Å². The van der Waals surface area contributed by atoms with Gasteiger partial charge in [0, 0.05) is 18.5 Å². The number of rotatable bonds is 6. The first-order valence-electron chi connectivity index (χ1n) is 9.77. The monoisotopic (exact) mass is 336 g/mol. The fourth-order valence-electron chi connectivity index (χ4n) is 4.42. The van der Waals surface area contributed by atoms with E-state index < -0.39 is 0 Å². The van der Waals surface area contributed by atoms with Gasteiger partial charge in [-0.05, 0) is 64.0 Å². The molecule has 3 fully saturated rings. The number of methoxy groups -OCH3 is 1. The van der Waals surface area contributed by atoms with Crippen LogP contribution in [0.15, 0.2) is 0 Å². The second-order valence-electron chi connectivity index (χ2n) is 7.82. The van der Waals surface area contributed by atoms with Gasteiger partial charge in [0.05, 0.1) is 13.7 Å². The normalized spacial score (nSPS) is 26.1. The highest BCUT2D eigenvalue weighted by Gasteiger charge is 2.38. The van der Waals surface area contributed by atoms with Crippen molar-refractivity contribution in [3.8, 4) is 0 Å². The number of carbonyl (C=O) groups is 2. The molecule has 136 valence electrons. The van der Waals surface area contributed by atoms with Crippen LogP contribution in [0.25, 0.3) is 0 Å². The molecule has 0 spiro atoms. The van der Waals surface area contributed by atoms with Crippen molar-refractivity contribution in [1.82, 2.24) is 9.80 Å². The molecule has 2 saturated carbocycles. The number of carbonyl (C=O) groups excluding carboxylic acids is 2. The largest absolute Gasteiger partial charge is 0.469 e. The zero-order valence-corrected chi connectivity index (χ0v) is 15.0. The Balaban J connectivity index is 1.49. The highest BCUT2D eigenvalue weighted by Crippen LogP contribution is 2.34. The molecule has 2 aliphatic carbocycles. The van der Waals surface area contributed by atoms with Gasteiger partial charge in [-0.3, -0.25) is 14.5 Å². The molecule has 0 aromatic carbocycles. The minimum atomic E-state index is -0.106. The van der Waals surface area contributed by atoms with Crippen molar-refractivity contribution in [3.05, 3.63) is 0 Å². The van der Waals surface area contributed by atoms with Crippen LogP contribution in [-0.4, -0.2) is 60.5 Å². The molecule has 1 amide bonds. The zero-order valence-electron chi connectivity index (χ0n) is 15.0. The quantitative estimate of drug-likeness (QED) is 0.700. The molecular formula is C19H32N2O3. The molecule has 1 saturated heterocycles. The number of nitrogens with zero attached hydrogens (tertiary/aromatic N) is 2. The average molecular weight is 336 g/mol. The van der Waals surface area contributed by atoms with E-state index in [1.807, 2.05) is 0 Å². The Bertz CT molecular complexity index is 444. The van der Waals surface area contributed by atoms with Crippen LogP contribution < -0.4 is 0 Å². The summed E-state index contributed by atoms with van der Waals surface area (Å²) in [6, 6.07) is 1.03. The molecule has 0 N–H and O–H groups in total. The maximum absolute atomic E-state index is 12.9. The van der Waals surface area contributed by atoms with Gasteiger partial charge in [-0.1, -0.05) is 12.8 Å². The van der Waals surface area contributed by atoms with Crippen molar-refractivity contribution in [3.63, 3.8) is 0 Å². The molecule has 0 radical (unpaired) electrons. The Labute approximate surface area is 145 Å². The summed E-state index contributed by atoms with van der Waals surface area (Å²) in [6.45, 7) is 2.47. The van der Waals surface area contributed by atoms with E-state index >= 15 is 0 Å². The van der Waals surface area contributed by atoms with Crippen LogP contribution in [0.4, 0.5) is 0 Å². The van der Waals surface area contributed by atoms with Gasteiger partial charge in [-0.2, -0.15) is 0 Å². The van der Waals surface area contributed by atoms with Gasteiger partial charge < -0.3 is 9.64 Å². The van der Waals surface area contributed by atoms with Gasteiger partial charge in [0.1, 0.15) is 0 Å². The van der Waals surface area contributed by atoms with Crippen LogP contribution in [0.3, 0.4) is 0 Å². The Morgan fingerprint density at radius 1 is 0.958 bits per heavy atom. The van der Waals surface area contributed by atoms with Crippen LogP contribution in [0, 0.1) is 5.92 Å². The SMILES string of the molecule is COC(=O)C[C@H]1CCCN(CC(=O)N(C2CCCC2)C2CC2)CC1. The number of hydrogen-bond acceptors (Lipinski definition) is 4. The molecule has 0 bridgehead atoms. The van der Waals surface area contributed by atoms with Crippen molar-refractivity contribution >= 4 is 11.9 Å². The van der Waals surface area contributed by atoms with Crippen molar-refractivity contribution in [2.75, 3.05) is 26.7 Å². The van der Waals surface area contributed by atoms with Crippen molar-refractivity contribution in [2.24, 2.45) is 5.92 Å². The molecule has 1 aliphatic heterocycles. The Morgan fingerprint density at radius 2 is 1.67 bits per heavy atom. The minimum absolute atomic E-state index is 0.106. The third-order valence-corrected chi connectivity index (χ3v) is 5.93. The summed E-state index contributed by atoms with van der Waals surface area (Å²) in [5.41, 5.74) is 0. The molecule has 3 aliphatic rings. The number of likely N-dealkylation sites (tertiary alicyclic amines) is 1. The summed E-state index contributed by atoms with van der Waals surface area (Å²) in [5.74, 6) is 0.647. The lowest BCUT2D eigenvalue weighted by atomic mass is 9.97. The zero-order chi connectivity index (χ0) is 16.9. The predicted octanol–water partition coefficient (Wildman–Crippen LogP) is 2.59. The Morgan fingerprint density at radius 3 is 2.33 bits per heavy atom. The van der Waals surface area contributed by atoms with Gasteiger partial charge in [-0.25, -0.2) is 0 Å². The fourth-order valence-corrected chi connectivity index (χ4v) is 4.42. The predicted molar refractivity (Wildman–Crippen MR) is 92.5 cm³/mol. The van der Waals surface area contributed by atoms with Gasteiger partial charge >= 0.3 is 5.97 Å². The highest BCUT2D eigenvalue weighted by atomic mass is 16.5. The first kappa shape index (κ1) is 17.7. The molecule has 3 rings (SSSR count). The Hall–Kier alpha value is -1.10. The van der Waals surface area contributed by atoms with Crippen molar-refractivity contribution < 1.29 is 14.3 Å². The lowest BCUT2D eigenvalue weighted by Gasteiger charge is -2.31. The fraction of sp³-hybridized carbons (Fsp3) is 0.895. The molecule has 1 heterocycles. The first-order valence-corrected chi connectivity index (χ1v) is 9.77.